The zero-order valence-electron chi connectivity index (χ0n) is 14.8. The molecule has 0 unspecified atom stereocenters. The number of thiophene rings is 1. The predicted octanol–water partition coefficient (Wildman–Crippen LogP) is 4.19. The van der Waals surface area contributed by atoms with Gasteiger partial charge in [-0.1, -0.05) is 44.2 Å². The van der Waals surface area contributed by atoms with E-state index >= 15 is 0 Å². The van der Waals surface area contributed by atoms with E-state index in [4.69, 9.17) is 0 Å². The quantitative estimate of drug-likeness (QED) is 0.556. The Balaban J connectivity index is 1.59. The Hall–Kier alpha value is -2.80. The van der Waals surface area contributed by atoms with Crippen LogP contribution in [0, 0.1) is 0 Å². The van der Waals surface area contributed by atoms with Gasteiger partial charge in [0, 0.05) is 30.0 Å². The van der Waals surface area contributed by atoms with Gasteiger partial charge in [0.25, 0.3) is 0 Å². The summed E-state index contributed by atoms with van der Waals surface area (Å²) in [4.78, 5) is 9.91. The number of benzene rings is 1. The van der Waals surface area contributed by atoms with Crippen LogP contribution in [-0.4, -0.2) is 31.3 Å². The Morgan fingerprint density at radius 1 is 1.15 bits per heavy atom. The first-order valence-corrected chi connectivity index (χ1v) is 9.51. The fourth-order valence-corrected chi connectivity index (χ4v) is 3.93. The second-order valence-electron chi connectivity index (χ2n) is 6.38. The first-order chi connectivity index (χ1) is 12.7. The summed E-state index contributed by atoms with van der Waals surface area (Å²) < 4.78 is 2.09. The minimum Gasteiger partial charge on any atom is -0.368 e. The lowest BCUT2D eigenvalue weighted by Gasteiger charge is -2.11. The van der Waals surface area contributed by atoms with Gasteiger partial charge in [0.05, 0.1) is 5.39 Å². The van der Waals surface area contributed by atoms with Crippen molar-refractivity contribution in [1.29, 1.82) is 0 Å². The highest BCUT2D eigenvalue weighted by molar-refractivity contribution is 7.17. The molecule has 7 heteroatoms. The van der Waals surface area contributed by atoms with Gasteiger partial charge in [-0.2, -0.15) is 0 Å². The van der Waals surface area contributed by atoms with Crippen LogP contribution in [0.2, 0.25) is 0 Å². The SMILES string of the molecule is CC(C)c1nncn1CCNc1ncnc2scc(-c3ccccc3)c12. The van der Waals surface area contributed by atoms with E-state index in [0.29, 0.717) is 5.92 Å². The van der Waals surface area contributed by atoms with Crippen molar-refractivity contribution in [2.45, 2.75) is 26.3 Å². The number of fused-ring (bicyclic) bond motifs is 1. The summed E-state index contributed by atoms with van der Waals surface area (Å²) in [5, 5.41) is 14.9. The summed E-state index contributed by atoms with van der Waals surface area (Å²) in [5.74, 6) is 2.22. The van der Waals surface area contributed by atoms with Gasteiger partial charge in [0.2, 0.25) is 0 Å². The third-order valence-electron chi connectivity index (χ3n) is 4.26. The van der Waals surface area contributed by atoms with E-state index in [1.165, 1.54) is 11.1 Å². The summed E-state index contributed by atoms with van der Waals surface area (Å²) in [6.45, 7) is 5.78. The lowest BCUT2D eigenvalue weighted by Crippen LogP contribution is -2.14. The Morgan fingerprint density at radius 2 is 2.00 bits per heavy atom. The number of nitrogens with one attached hydrogen (secondary N) is 1. The van der Waals surface area contributed by atoms with Gasteiger partial charge in [-0.05, 0) is 5.56 Å². The van der Waals surface area contributed by atoms with Crippen LogP contribution in [0.3, 0.4) is 0 Å². The topological polar surface area (TPSA) is 68.5 Å². The molecule has 0 saturated carbocycles. The van der Waals surface area contributed by atoms with E-state index < -0.39 is 0 Å². The van der Waals surface area contributed by atoms with Crippen molar-refractivity contribution in [3.05, 3.63) is 54.2 Å². The molecule has 1 N–H and O–H groups in total. The average Bonchev–Trinajstić information content (AvgIpc) is 3.30. The maximum Gasteiger partial charge on any atom is 0.138 e. The molecule has 6 nitrogen and oxygen atoms in total. The Labute approximate surface area is 156 Å². The molecule has 3 aromatic heterocycles. The second kappa shape index (κ2) is 7.21. The number of hydrogen-bond acceptors (Lipinski definition) is 6. The summed E-state index contributed by atoms with van der Waals surface area (Å²) >= 11 is 1.64. The van der Waals surface area contributed by atoms with Crippen LogP contribution in [0.5, 0.6) is 0 Å². The zero-order valence-corrected chi connectivity index (χ0v) is 15.6. The Bertz CT molecular complexity index is 1010. The number of rotatable bonds is 6. The highest BCUT2D eigenvalue weighted by Gasteiger charge is 2.13. The van der Waals surface area contributed by atoms with E-state index in [-0.39, 0.29) is 0 Å². The lowest BCUT2D eigenvalue weighted by molar-refractivity contribution is 0.636. The van der Waals surface area contributed by atoms with Crippen LogP contribution in [0.25, 0.3) is 21.3 Å². The first-order valence-electron chi connectivity index (χ1n) is 8.63. The van der Waals surface area contributed by atoms with Crippen molar-refractivity contribution in [1.82, 2.24) is 24.7 Å². The van der Waals surface area contributed by atoms with Crippen molar-refractivity contribution in [2.24, 2.45) is 0 Å². The molecule has 0 atom stereocenters. The summed E-state index contributed by atoms with van der Waals surface area (Å²) in [5.41, 5.74) is 2.35. The van der Waals surface area contributed by atoms with E-state index in [9.17, 15) is 0 Å². The molecule has 1 aromatic carbocycles. The fourth-order valence-electron chi connectivity index (χ4n) is 3.02. The lowest BCUT2D eigenvalue weighted by atomic mass is 10.1. The molecule has 0 fully saturated rings. The molecule has 0 aliphatic heterocycles. The molecule has 0 spiro atoms. The van der Waals surface area contributed by atoms with Gasteiger partial charge in [-0.15, -0.1) is 21.5 Å². The third kappa shape index (κ3) is 3.17. The largest absolute Gasteiger partial charge is 0.368 e. The van der Waals surface area contributed by atoms with Crippen LogP contribution in [0.15, 0.2) is 48.4 Å². The van der Waals surface area contributed by atoms with Crippen molar-refractivity contribution >= 4 is 27.4 Å². The molecule has 0 saturated heterocycles. The first kappa shape index (κ1) is 16.7. The van der Waals surface area contributed by atoms with E-state index in [0.717, 1.165) is 34.9 Å². The number of hydrogen-bond donors (Lipinski definition) is 1. The Kier molecular flexibility index (Phi) is 4.62. The standard InChI is InChI=1S/C19H20N6S/c1-13(2)18-24-23-12-25(18)9-8-20-17-16-15(14-6-4-3-5-7-14)10-26-19(16)22-11-21-17/h3-7,10-13H,8-9H2,1-2H3,(H,20,21,22). The second-order valence-corrected chi connectivity index (χ2v) is 7.24. The van der Waals surface area contributed by atoms with Gasteiger partial charge in [-0.3, -0.25) is 0 Å². The van der Waals surface area contributed by atoms with E-state index in [2.05, 4.69) is 73.5 Å². The van der Waals surface area contributed by atoms with Crippen LogP contribution in [0.4, 0.5) is 5.82 Å². The summed E-state index contributed by atoms with van der Waals surface area (Å²) in [6, 6.07) is 10.4. The smallest absolute Gasteiger partial charge is 0.138 e. The third-order valence-corrected chi connectivity index (χ3v) is 5.15. The van der Waals surface area contributed by atoms with Crippen molar-refractivity contribution in [3.63, 3.8) is 0 Å². The molecule has 0 aliphatic rings. The fraction of sp³-hybridized carbons (Fsp3) is 0.263. The molecular weight excluding hydrogens is 344 g/mol. The maximum atomic E-state index is 4.49. The highest BCUT2D eigenvalue weighted by atomic mass is 32.1. The molecule has 4 rings (SSSR count). The van der Waals surface area contributed by atoms with E-state index in [1.54, 1.807) is 24.0 Å². The molecule has 0 bridgehead atoms. The van der Waals surface area contributed by atoms with Gasteiger partial charge >= 0.3 is 0 Å². The Morgan fingerprint density at radius 3 is 2.81 bits per heavy atom. The molecule has 0 amide bonds. The van der Waals surface area contributed by atoms with Crippen LogP contribution in [0.1, 0.15) is 25.6 Å². The number of aromatic nitrogens is 5. The summed E-state index contributed by atoms with van der Waals surface area (Å²) in [7, 11) is 0. The van der Waals surface area contributed by atoms with Gasteiger partial charge < -0.3 is 9.88 Å². The minimum absolute atomic E-state index is 0.352. The predicted molar refractivity (Wildman–Crippen MR) is 105 cm³/mol. The molecule has 0 radical (unpaired) electrons. The minimum atomic E-state index is 0.352. The van der Waals surface area contributed by atoms with Crippen LogP contribution < -0.4 is 5.32 Å². The molecule has 4 aromatic rings. The van der Waals surface area contributed by atoms with Crippen LogP contribution >= 0.6 is 11.3 Å². The number of anilines is 1. The van der Waals surface area contributed by atoms with Gasteiger partial charge in [0.15, 0.2) is 0 Å². The van der Waals surface area contributed by atoms with Crippen molar-refractivity contribution in [3.8, 4) is 11.1 Å². The average molecular weight is 364 g/mol. The number of nitrogens with zero attached hydrogens (tertiary/aromatic N) is 5. The molecule has 26 heavy (non-hydrogen) atoms. The monoisotopic (exact) mass is 364 g/mol. The normalized spacial score (nSPS) is 11.3. The molecule has 0 aliphatic carbocycles. The molecular formula is C19H20N6S. The van der Waals surface area contributed by atoms with E-state index in [1.807, 2.05) is 6.07 Å². The molecule has 132 valence electrons. The zero-order chi connectivity index (χ0) is 17.9. The molecule has 3 heterocycles. The van der Waals surface area contributed by atoms with Gasteiger partial charge in [0.1, 0.15) is 29.1 Å². The van der Waals surface area contributed by atoms with Crippen molar-refractivity contribution < 1.29 is 0 Å². The summed E-state index contributed by atoms with van der Waals surface area (Å²) in [6.07, 6.45) is 3.40. The maximum absolute atomic E-state index is 4.49. The highest BCUT2D eigenvalue weighted by Crippen LogP contribution is 2.36. The van der Waals surface area contributed by atoms with Gasteiger partial charge in [-0.25, -0.2) is 9.97 Å². The van der Waals surface area contributed by atoms with Crippen molar-refractivity contribution in [2.75, 3.05) is 11.9 Å². The van der Waals surface area contributed by atoms with Crippen LogP contribution in [-0.2, 0) is 6.54 Å².